The molecule has 0 radical (unpaired) electrons. The monoisotopic (exact) mass is 464 g/mol. The second-order valence-electron chi connectivity index (χ2n) is 7.25. The normalized spacial score (nSPS) is 10.9. The minimum atomic E-state index is -0.0765. The lowest BCUT2D eigenvalue weighted by Gasteiger charge is -2.07. The first-order chi connectivity index (χ1) is 16.1. The summed E-state index contributed by atoms with van der Waals surface area (Å²) in [6.45, 7) is 5.08. The van der Waals surface area contributed by atoms with Crippen LogP contribution in [-0.4, -0.2) is 43.7 Å². The van der Waals surface area contributed by atoms with E-state index in [0.717, 1.165) is 16.9 Å². The Morgan fingerprint density at radius 1 is 1.12 bits per heavy atom. The van der Waals surface area contributed by atoms with E-state index in [1.807, 2.05) is 66.9 Å². The van der Waals surface area contributed by atoms with Crippen molar-refractivity contribution in [3.8, 4) is 28.9 Å². The molecule has 2 aromatic heterocycles. The first kappa shape index (κ1) is 22.5. The van der Waals surface area contributed by atoms with E-state index in [4.69, 9.17) is 9.26 Å². The van der Waals surface area contributed by atoms with Crippen molar-refractivity contribution in [2.45, 2.75) is 32.1 Å². The predicted octanol–water partition coefficient (Wildman–Crippen LogP) is 3.74. The molecule has 4 rings (SSSR count). The Hall–Kier alpha value is -3.66. The fourth-order valence-corrected chi connectivity index (χ4v) is 3.93. The minimum absolute atomic E-state index is 0.0765. The van der Waals surface area contributed by atoms with Crippen LogP contribution in [0, 0.1) is 6.92 Å². The van der Waals surface area contributed by atoms with Crippen LogP contribution in [0.1, 0.15) is 18.1 Å². The summed E-state index contributed by atoms with van der Waals surface area (Å²) in [6, 6.07) is 15.4. The number of methoxy groups -OCH3 is 1. The number of hydrogen-bond acceptors (Lipinski definition) is 8. The van der Waals surface area contributed by atoms with E-state index in [2.05, 4.69) is 25.7 Å². The van der Waals surface area contributed by atoms with Crippen molar-refractivity contribution in [2.75, 3.05) is 12.9 Å². The fourth-order valence-electron chi connectivity index (χ4n) is 3.10. The van der Waals surface area contributed by atoms with Crippen LogP contribution >= 0.6 is 11.8 Å². The molecular weight excluding hydrogens is 440 g/mol. The highest BCUT2D eigenvalue weighted by Crippen LogP contribution is 2.26. The molecule has 0 saturated carbocycles. The molecule has 0 aliphatic rings. The maximum Gasteiger partial charge on any atom is 0.296 e. The number of nitrogens with one attached hydrogen (secondary N) is 1. The Labute approximate surface area is 195 Å². The van der Waals surface area contributed by atoms with Crippen molar-refractivity contribution < 1.29 is 14.1 Å². The van der Waals surface area contributed by atoms with Gasteiger partial charge in [0, 0.05) is 18.7 Å². The van der Waals surface area contributed by atoms with Gasteiger partial charge >= 0.3 is 0 Å². The third-order valence-corrected chi connectivity index (χ3v) is 5.91. The third kappa shape index (κ3) is 5.40. The summed E-state index contributed by atoms with van der Waals surface area (Å²) < 4.78 is 12.5. The first-order valence-electron chi connectivity index (χ1n) is 10.4. The molecule has 0 bridgehead atoms. The number of nitrogens with zero attached hydrogens (tertiary/aromatic N) is 5. The van der Waals surface area contributed by atoms with Gasteiger partial charge in [-0.3, -0.25) is 9.36 Å². The zero-order valence-electron chi connectivity index (χ0n) is 18.6. The lowest BCUT2D eigenvalue weighted by atomic mass is 10.1. The molecule has 0 aliphatic heterocycles. The van der Waals surface area contributed by atoms with E-state index < -0.39 is 0 Å². The quantitative estimate of drug-likeness (QED) is 0.373. The number of aromatic nitrogens is 5. The van der Waals surface area contributed by atoms with E-state index in [-0.39, 0.29) is 17.6 Å². The van der Waals surface area contributed by atoms with Gasteiger partial charge in [0.1, 0.15) is 5.75 Å². The topological polar surface area (TPSA) is 108 Å². The molecule has 4 aromatic rings. The van der Waals surface area contributed by atoms with Gasteiger partial charge < -0.3 is 14.6 Å². The molecule has 2 aromatic carbocycles. The summed E-state index contributed by atoms with van der Waals surface area (Å²) >= 11 is 1.31. The number of aryl methyl sites for hydroxylation is 1. The average Bonchev–Trinajstić information content (AvgIpc) is 3.49. The third-order valence-electron chi connectivity index (χ3n) is 4.94. The number of ether oxygens (including phenoxy) is 1. The van der Waals surface area contributed by atoms with Crippen LogP contribution in [0.2, 0.25) is 0 Å². The molecule has 0 aliphatic carbocycles. The van der Waals surface area contributed by atoms with Gasteiger partial charge in [-0.05, 0) is 43.7 Å². The van der Waals surface area contributed by atoms with Gasteiger partial charge in [0.25, 0.3) is 5.89 Å². The number of carbonyl (C=O) groups is 1. The Morgan fingerprint density at radius 2 is 1.88 bits per heavy atom. The van der Waals surface area contributed by atoms with Crippen molar-refractivity contribution in [2.24, 2.45) is 0 Å². The van der Waals surface area contributed by atoms with Gasteiger partial charge in [-0.25, -0.2) is 0 Å². The average molecular weight is 465 g/mol. The molecule has 0 spiro atoms. The molecule has 2 heterocycles. The smallest absolute Gasteiger partial charge is 0.296 e. The summed E-state index contributed by atoms with van der Waals surface area (Å²) in [5, 5.41) is 16.0. The second kappa shape index (κ2) is 10.3. The lowest BCUT2D eigenvalue weighted by molar-refractivity contribution is -0.118. The highest BCUT2D eigenvalue weighted by molar-refractivity contribution is 7.99. The Balaban J connectivity index is 1.40. The summed E-state index contributed by atoms with van der Waals surface area (Å²) in [7, 11) is 1.61. The van der Waals surface area contributed by atoms with E-state index in [1.165, 1.54) is 17.3 Å². The standard InChI is InChI=1S/C23H24N6O3S/c1-4-29-21(22-25-20(28-32-22)17-9-11-18(31-3)12-10-17)26-27-23(29)33-14-19(30)24-13-16-7-5-15(2)6-8-16/h5-12H,4,13-14H2,1-3H3,(H,24,30). The van der Waals surface area contributed by atoms with Crippen LogP contribution in [0.3, 0.4) is 0 Å². The van der Waals surface area contributed by atoms with Gasteiger partial charge in [0.2, 0.25) is 17.6 Å². The largest absolute Gasteiger partial charge is 0.497 e. The predicted molar refractivity (Wildman–Crippen MR) is 125 cm³/mol. The number of benzene rings is 2. The number of hydrogen-bond donors (Lipinski definition) is 1. The van der Waals surface area contributed by atoms with Crippen molar-refractivity contribution in [1.29, 1.82) is 0 Å². The highest BCUT2D eigenvalue weighted by Gasteiger charge is 2.20. The SMILES string of the molecule is CCn1c(SCC(=O)NCc2ccc(C)cc2)nnc1-c1nc(-c2ccc(OC)cc2)no1. The summed E-state index contributed by atoms with van der Waals surface area (Å²) in [6.07, 6.45) is 0. The van der Waals surface area contributed by atoms with E-state index in [9.17, 15) is 4.79 Å². The van der Waals surface area contributed by atoms with Crippen LogP contribution in [-0.2, 0) is 17.9 Å². The molecular formula is C23H24N6O3S. The van der Waals surface area contributed by atoms with E-state index in [0.29, 0.717) is 29.9 Å². The Bertz CT molecular complexity index is 1220. The highest BCUT2D eigenvalue weighted by atomic mass is 32.2. The molecule has 170 valence electrons. The Morgan fingerprint density at radius 3 is 2.58 bits per heavy atom. The Kier molecular flexibility index (Phi) is 7.04. The summed E-state index contributed by atoms with van der Waals surface area (Å²) in [5.74, 6) is 2.08. The maximum absolute atomic E-state index is 12.3. The molecule has 10 heteroatoms. The van der Waals surface area contributed by atoms with Gasteiger partial charge in [-0.15, -0.1) is 10.2 Å². The minimum Gasteiger partial charge on any atom is -0.497 e. The maximum atomic E-state index is 12.3. The van der Waals surface area contributed by atoms with Gasteiger partial charge in [0.05, 0.1) is 12.9 Å². The van der Waals surface area contributed by atoms with Gasteiger partial charge in [0.15, 0.2) is 5.16 Å². The van der Waals surface area contributed by atoms with E-state index >= 15 is 0 Å². The zero-order valence-corrected chi connectivity index (χ0v) is 19.4. The summed E-state index contributed by atoms with van der Waals surface area (Å²) in [4.78, 5) is 16.8. The summed E-state index contributed by atoms with van der Waals surface area (Å²) in [5.41, 5.74) is 3.04. The number of carbonyl (C=O) groups excluding carboxylic acids is 1. The molecule has 1 N–H and O–H groups in total. The van der Waals surface area contributed by atoms with Gasteiger partial charge in [-0.1, -0.05) is 46.7 Å². The van der Waals surface area contributed by atoms with Crippen LogP contribution in [0.25, 0.3) is 23.1 Å². The molecule has 0 unspecified atom stereocenters. The molecule has 33 heavy (non-hydrogen) atoms. The molecule has 0 saturated heterocycles. The number of rotatable bonds is 9. The number of thioether (sulfide) groups is 1. The van der Waals surface area contributed by atoms with Crippen molar-refractivity contribution >= 4 is 17.7 Å². The fraction of sp³-hybridized carbons (Fsp3) is 0.261. The van der Waals surface area contributed by atoms with Crippen LogP contribution in [0.5, 0.6) is 5.75 Å². The molecule has 9 nitrogen and oxygen atoms in total. The van der Waals surface area contributed by atoms with Crippen molar-refractivity contribution in [1.82, 2.24) is 30.2 Å². The molecule has 0 fully saturated rings. The van der Waals surface area contributed by atoms with E-state index in [1.54, 1.807) is 7.11 Å². The van der Waals surface area contributed by atoms with Gasteiger partial charge in [-0.2, -0.15) is 4.98 Å². The second-order valence-corrected chi connectivity index (χ2v) is 8.20. The number of amides is 1. The molecule has 1 amide bonds. The van der Waals surface area contributed by atoms with Crippen LogP contribution in [0.4, 0.5) is 0 Å². The zero-order chi connectivity index (χ0) is 23.2. The van der Waals surface area contributed by atoms with Crippen LogP contribution in [0.15, 0.2) is 58.2 Å². The van der Waals surface area contributed by atoms with Crippen LogP contribution < -0.4 is 10.1 Å². The van der Waals surface area contributed by atoms with Crippen molar-refractivity contribution in [3.63, 3.8) is 0 Å². The molecule has 0 atom stereocenters. The first-order valence-corrected chi connectivity index (χ1v) is 11.4. The lowest BCUT2D eigenvalue weighted by Crippen LogP contribution is -2.24. The van der Waals surface area contributed by atoms with Crippen molar-refractivity contribution in [3.05, 3.63) is 59.7 Å².